The van der Waals surface area contributed by atoms with Crippen LogP contribution in [-0.2, 0) is 0 Å². The lowest BCUT2D eigenvalue weighted by Gasteiger charge is -2.13. The molecule has 0 unspecified atom stereocenters. The zero-order valence-electron chi connectivity index (χ0n) is 11.0. The number of carboxylic acids is 1. The molecule has 0 heterocycles. The lowest BCUT2D eigenvalue weighted by atomic mass is 10.0. The normalized spacial score (nSPS) is 10.5. The number of benzene rings is 2. The lowest BCUT2D eigenvalue weighted by Crippen LogP contribution is -2.05. The fraction of sp³-hybridized carbons (Fsp3) is 0.133. The van der Waals surface area contributed by atoms with Gasteiger partial charge in [0.15, 0.2) is 11.6 Å². The summed E-state index contributed by atoms with van der Waals surface area (Å²) in [5.74, 6) is -4.52. The predicted octanol–water partition coefficient (Wildman–Crippen LogP) is 3.87. The van der Waals surface area contributed by atoms with Gasteiger partial charge in [-0.05, 0) is 36.8 Å². The smallest absolute Gasteiger partial charge is 0.338 e. The van der Waals surface area contributed by atoms with Gasteiger partial charge in [0, 0.05) is 11.6 Å². The SMILES string of the molecule is CCOc1c(-c2cc(F)cc(F)c2)ccc(C(=O)O)c1F. The maximum Gasteiger partial charge on any atom is 0.338 e. The monoisotopic (exact) mass is 296 g/mol. The van der Waals surface area contributed by atoms with Crippen LogP contribution < -0.4 is 4.74 Å². The van der Waals surface area contributed by atoms with E-state index in [4.69, 9.17) is 9.84 Å². The van der Waals surface area contributed by atoms with Gasteiger partial charge in [-0.2, -0.15) is 0 Å². The first-order chi connectivity index (χ1) is 9.93. The Balaban J connectivity index is 2.68. The van der Waals surface area contributed by atoms with Crippen molar-refractivity contribution >= 4 is 5.97 Å². The summed E-state index contributed by atoms with van der Waals surface area (Å²) >= 11 is 0. The molecule has 2 rings (SSSR count). The third-order valence-corrected chi connectivity index (χ3v) is 2.79. The number of halogens is 3. The fourth-order valence-corrected chi connectivity index (χ4v) is 1.94. The average molecular weight is 296 g/mol. The standard InChI is InChI=1S/C15H11F3O3/c1-2-21-14-11(3-4-12(13(14)18)15(19)20)8-5-9(16)7-10(17)6-8/h3-7H,2H2,1H3,(H,19,20). The van der Waals surface area contributed by atoms with Crippen molar-refractivity contribution in [1.82, 2.24) is 0 Å². The Hall–Kier alpha value is -2.50. The first kappa shape index (κ1) is 14.9. The number of ether oxygens (including phenoxy) is 1. The molecule has 0 atom stereocenters. The number of carbonyl (C=O) groups is 1. The van der Waals surface area contributed by atoms with Gasteiger partial charge in [0.05, 0.1) is 12.2 Å². The van der Waals surface area contributed by atoms with Crippen molar-refractivity contribution in [2.24, 2.45) is 0 Å². The molecule has 6 heteroatoms. The molecule has 0 aliphatic heterocycles. The predicted molar refractivity (Wildman–Crippen MR) is 69.9 cm³/mol. The van der Waals surface area contributed by atoms with E-state index in [0.717, 1.165) is 18.2 Å². The topological polar surface area (TPSA) is 46.5 Å². The van der Waals surface area contributed by atoms with Gasteiger partial charge in [0.25, 0.3) is 0 Å². The van der Waals surface area contributed by atoms with Crippen LogP contribution in [0.5, 0.6) is 5.75 Å². The minimum Gasteiger partial charge on any atom is -0.490 e. The van der Waals surface area contributed by atoms with Gasteiger partial charge in [-0.3, -0.25) is 0 Å². The van der Waals surface area contributed by atoms with E-state index < -0.39 is 29.0 Å². The summed E-state index contributed by atoms with van der Waals surface area (Å²) in [6, 6.07) is 5.00. The fourth-order valence-electron chi connectivity index (χ4n) is 1.94. The molecule has 0 bridgehead atoms. The summed E-state index contributed by atoms with van der Waals surface area (Å²) in [4.78, 5) is 10.9. The second kappa shape index (κ2) is 5.87. The van der Waals surface area contributed by atoms with Gasteiger partial charge < -0.3 is 9.84 Å². The molecule has 2 aromatic rings. The van der Waals surface area contributed by atoms with Crippen molar-refractivity contribution < 1.29 is 27.8 Å². The molecule has 21 heavy (non-hydrogen) atoms. The number of hydrogen-bond donors (Lipinski definition) is 1. The molecule has 110 valence electrons. The second-order valence-corrected chi connectivity index (χ2v) is 4.20. The largest absolute Gasteiger partial charge is 0.490 e. The van der Waals surface area contributed by atoms with Gasteiger partial charge in [-0.25, -0.2) is 18.0 Å². The van der Waals surface area contributed by atoms with Gasteiger partial charge >= 0.3 is 5.97 Å². The van der Waals surface area contributed by atoms with Crippen molar-refractivity contribution in [2.45, 2.75) is 6.92 Å². The van der Waals surface area contributed by atoms with Crippen LogP contribution in [-0.4, -0.2) is 17.7 Å². The van der Waals surface area contributed by atoms with Crippen molar-refractivity contribution in [3.05, 3.63) is 53.3 Å². The third-order valence-electron chi connectivity index (χ3n) is 2.79. The van der Waals surface area contributed by atoms with Crippen LogP contribution in [0.3, 0.4) is 0 Å². The van der Waals surface area contributed by atoms with E-state index in [1.54, 1.807) is 6.92 Å². The van der Waals surface area contributed by atoms with E-state index >= 15 is 0 Å². The molecule has 0 spiro atoms. The van der Waals surface area contributed by atoms with E-state index in [1.807, 2.05) is 0 Å². The van der Waals surface area contributed by atoms with Crippen LogP contribution in [0.4, 0.5) is 13.2 Å². The van der Waals surface area contributed by atoms with E-state index in [2.05, 4.69) is 0 Å². The Labute approximate surface area is 118 Å². The summed E-state index contributed by atoms with van der Waals surface area (Å²) in [7, 11) is 0. The number of carboxylic acid groups (broad SMARTS) is 1. The first-order valence-corrected chi connectivity index (χ1v) is 6.09. The molecule has 1 N–H and O–H groups in total. The second-order valence-electron chi connectivity index (χ2n) is 4.20. The van der Waals surface area contributed by atoms with E-state index in [0.29, 0.717) is 6.07 Å². The van der Waals surface area contributed by atoms with E-state index in [9.17, 15) is 18.0 Å². The molecular formula is C15H11F3O3. The molecule has 2 aromatic carbocycles. The highest BCUT2D eigenvalue weighted by Crippen LogP contribution is 2.35. The number of aromatic carboxylic acids is 1. The Bertz CT molecular complexity index is 679. The molecule has 0 radical (unpaired) electrons. The Kier molecular flexibility index (Phi) is 4.16. The molecule has 0 aliphatic carbocycles. The van der Waals surface area contributed by atoms with Gasteiger partial charge in [0.1, 0.15) is 11.6 Å². The summed E-state index contributed by atoms with van der Waals surface area (Å²) in [5.41, 5.74) is -0.427. The summed E-state index contributed by atoms with van der Waals surface area (Å²) in [6.45, 7) is 1.66. The van der Waals surface area contributed by atoms with Gasteiger partial charge in [-0.1, -0.05) is 0 Å². The first-order valence-electron chi connectivity index (χ1n) is 6.09. The molecule has 0 saturated heterocycles. The van der Waals surface area contributed by atoms with E-state index in [-0.39, 0.29) is 23.5 Å². The zero-order chi connectivity index (χ0) is 15.6. The molecule has 0 aromatic heterocycles. The summed E-state index contributed by atoms with van der Waals surface area (Å²) in [6.07, 6.45) is 0. The maximum absolute atomic E-state index is 14.2. The molecule has 0 aliphatic rings. The quantitative estimate of drug-likeness (QED) is 0.931. The zero-order valence-corrected chi connectivity index (χ0v) is 11.0. The molecule has 3 nitrogen and oxygen atoms in total. The molecular weight excluding hydrogens is 285 g/mol. The summed E-state index contributed by atoms with van der Waals surface area (Å²) < 4.78 is 45.8. The van der Waals surface area contributed by atoms with Crippen LogP contribution in [0.2, 0.25) is 0 Å². The molecule has 0 amide bonds. The van der Waals surface area contributed by atoms with Crippen LogP contribution in [0.15, 0.2) is 30.3 Å². The number of rotatable bonds is 4. The van der Waals surface area contributed by atoms with Crippen molar-refractivity contribution in [3.8, 4) is 16.9 Å². The molecule has 0 saturated carbocycles. The van der Waals surface area contributed by atoms with Crippen LogP contribution >= 0.6 is 0 Å². The van der Waals surface area contributed by atoms with Crippen LogP contribution in [0, 0.1) is 17.5 Å². The highest BCUT2D eigenvalue weighted by molar-refractivity contribution is 5.90. The Morgan fingerprint density at radius 3 is 2.29 bits per heavy atom. The van der Waals surface area contributed by atoms with Crippen LogP contribution in [0.25, 0.3) is 11.1 Å². The third kappa shape index (κ3) is 2.99. The Morgan fingerprint density at radius 1 is 1.14 bits per heavy atom. The minimum atomic E-state index is -1.45. The van der Waals surface area contributed by atoms with Gasteiger partial charge in [-0.15, -0.1) is 0 Å². The molecule has 0 fully saturated rings. The van der Waals surface area contributed by atoms with Crippen molar-refractivity contribution in [3.63, 3.8) is 0 Å². The maximum atomic E-state index is 14.2. The average Bonchev–Trinajstić information content (AvgIpc) is 2.39. The highest BCUT2D eigenvalue weighted by Gasteiger charge is 2.20. The summed E-state index contributed by atoms with van der Waals surface area (Å²) in [5, 5.41) is 8.89. The van der Waals surface area contributed by atoms with E-state index in [1.165, 1.54) is 6.07 Å². The lowest BCUT2D eigenvalue weighted by molar-refractivity contribution is 0.0691. The number of hydrogen-bond acceptors (Lipinski definition) is 2. The van der Waals surface area contributed by atoms with Crippen LogP contribution in [0.1, 0.15) is 17.3 Å². The highest BCUT2D eigenvalue weighted by atomic mass is 19.1. The Morgan fingerprint density at radius 2 is 1.76 bits per heavy atom. The van der Waals surface area contributed by atoms with Gasteiger partial charge in [0.2, 0.25) is 0 Å². The van der Waals surface area contributed by atoms with Crippen molar-refractivity contribution in [1.29, 1.82) is 0 Å². The minimum absolute atomic E-state index is 0.0618. The van der Waals surface area contributed by atoms with Crippen molar-refractivity contribution in [2.75, 3.05) is 6.61 Å².